The number of halogens is 4. The van der Waals surface area contributed by atoms with Gasteiger partial charge in [-0.3, -0.25) is 9.88 Å². The Hall–Kier alpha value is -6.96. The third-order valence-corrected chi connectivity index (χ3v) is 11.7. The van der Waals surface area contributed by atoms with Crippen LogP contribution in [0.2, 0.25) is 20.1 Å². The first-order chi connectivity index (χ1) is 35.5. The molecule has 22 heteroatoms. The summed E-state index contributed by atoms with van der Waals surface area (Å²) >= 11 is 23.8. The van der Waals surface area contributed by atoms with E-state index in [2.05, 4.69) is 56.4 Å². The van der Waals surface area contributed by atoms with Crippen molar-refractivity contribution < 1.29 is 28.9 Å². The summed E-state index contributed by atoms with van der Waals surface area (Å²) in [6.07, 6.45) is 9.00. The Kier molecular flexibility index (Phi) is 20.8. The highest BCUT2D eigenvalue weighted by Crippen LogP contribution is 2.39. The maximum absolute atomic E-state index is 12.3. The molecule has 4 N–H and O–H groups in total. The van der Waals surface area contributed by atoms with Gasteiger partial charge in [-0.1, -0.05) is 104 Å². The lowest BCUT2D eigenvalue weighted by Crippen LogP contribution is -2.38. The maximum atomic E-state index is 12.3. The Morgan fingerprint density at radius 1 is 0.878 bits per heavy atom. The number of aliphatic hydroxyl groups excluding tert-OH is 1. The molecule has 2 amide bonds. The number of H-pyrrole nitrogens is 1. The molecule has 2 atom stereocenters. The number of carbonyl (C=O) groups excluding carboxylic acids is 2. The highest BCUT2D eigenvalue weighted by Gasteiger charge is 2.34. The molecular formula is C52H58Cl4N12O6. The van der Waals surface area contributed by atoms with Crippen molar-refractivity contribution in [3.63, 3.8) is 0 Å². The number of amides is 2. The summed E-state index contributed by atoms with van der Waals surface area (Å²) in [7, 11) is 1.30. The topological polar surface area (TPSA) is 212 Å². The van der Waals surface area contributed by atoms with E-state index in [-0.39, 0.29) is 18.1 Å². The van der Waals surface area contributed by atoms with Crippen molar-refractivity contribution >= 4 is 87.1 Å². The monoisotopic (exact) mass is 1090 g/mol. The van der Waals surface area contributed by atoms with Crippen molar-refractivity contribution in [2.24, 2.45) is 5.41 Å². The Labute approximate surface area is 449 Å². The van der Waals surface area contributed by atoms with Gasteiger partial charge in [-0.15, -0.1) is 0 Å². The number of aryl methyl sites for hydroxylation is 1. The molecule has 0 radical (unpaired) electrons. The summed E-state index contributed by atoms with van der Waals surface area (Å²) in [6, 6.07) is 29.6. The number of nitrogens with one attached hydrogen (secondary N) is 3. The SMILES string of the molecule is CC(C)(C)C(O)C(Oc1ccc(Cl)cc1)n1cncn1.CCCN(CCOc1c(Cl)cc(Cl)cc1Cl)C(=O)n1ccnc1.COC(=O)Nc1nc2ccccc2[nH]1.Cc1cc(C2CC2)nc(Nc2ccccc2)n1. The highest BCUT2D eigenvalue weighted by atomic mass is 35.5. The molecule has 1 saturated carbocycles. The van der Waals surface area contributed by atoms with E-state index in [1.165, 1.54) is 53.9 Å². The van der Waals surface area contributed by atoms with E-state index in [1.54, 1.807) is 53.7 Å². The lowest BCUT2D eigenvalue weighted by Gasteiger charge is -2.32. The molecule has 9 rings (SSSR count). The van der Waals surface area contributed by atoms with Gasteiger partial charge < -0.3 is 34.5 Å². The molecule has 74 heavy (non-hydrogen) atoms. The summed E-state index contributed by atoms with van der Waals surface area (Å²) in [5.74, 6) is 2.73. The van der Waals surface area contributed by atoms with Crippen LogP contribution in [0.4, 0.5) is 27.2 Å². The molecule has 390 valence electrons. The first-order valence-corrected chi connectivity index (χ1v) is 25.0. The first-order valence-electron chi connectivity index (χ1n) is 23.5. The van der Waals surface area contributed by atoms with Crippen LogP contribution in [0.5, 0.6) is 11.5 Å². The van der Waals surface area contributed by atoms with Crippen LogP contribution < -0.4 is 20.1 Å². The number of rotatable bonds is 14. The predicted molar refractivity (Wildman–Crippen MR) is 289 cm³/mol. The molecule has 18 nitrogen and oxygen atoms in total. The minimum Gasteiger partial charge on any atom is -0.489 e. The summed E-state index contributed by atoms with van der Waals surface area (Å²) in [6.45, 7) is 11.1. The van der Waals surface area contributed by atoms with Gasteiger partial charge in [-0.2, -0.15) is 5.10 Å². The van der Waals surface area contributed by atoms with E-state index in [0.717, 1.165) is 28.8 Å². The predicted octanol–water partition coefficient (Wildman–Crippen LogP) is 12.7. The third kappa shape index (κ3) is 17.3. The smallest absolute Gasteiger partial charge is 0.413 e. The number of aromatic nitrogens is 9. The van der Waals surface area contributed by atoms with Crippen molar-refractivity contribution in [3.8, 4) is 11.5 Å². The number of aliphatic hydroxyl groups is 1. The molecule has 2 unspecified atom stereocenters. The second-order valence-electron chi connectivity index (χ2n) is 17.7. The van der Waals surface area contributed by atoms with Crippen LogP contribution in [-0.2, 0) is 4.74 Å². The van der Waals surface area contributed by atoms with Gasteiger partial charge in [-0.25, -0.2) is 39.2 Å². The zero-order valence-corrected chi connectivity index (χ0v) is 44.6. The number of ether oxygens (including phenoxy) is 3. The molecule has 0 bridgehead atoms. The number of nitrogens with zero attached hydrogens (tertiary/aromatic N) is 9. The fourth-order valence-corrected chi connectivity index (χ4v) is 7.82. The Morgan fingerprint density at radius 2 is 1.58 bits per heavy atom. The van der Waals surface area contributed by atoms with Gasteiger partial charge in [0.1, 0.15) is 37.4 Å². The van der Waals surface area contributed by atoms with E-state index in [9.17, 15) is 14.7 Å². The first kappa shape index (κ1) is 56.3. The summed E-state index contributed by atoms with van der Waals surface area (Å²) in [4.78, 5) is 48.7. The molecular weight excluding hydrogens is 1030 g/mol. The number of anilines is 3. The van der Waals surface area contributed by atoms with Crippen molar-refractivity contribution in [1.29, 1.82) is 0 Å². The van der Waals surface area contributed by atoms with Gasteiger partial charge in [0.2, 0.25) is 18.1 Å². The Balaban J connectivity index is 0.000000163. The van der Waals surface area contributed by atoms with E-state index in [4.69, 9.17) is 55.9 Å². The van der Waals surface area contributed by atoms with Crippen molar-refractivity contribution in [2.45, 2.75) is 72.1 Å². The molecule has 0 aliphatic heterocycles. The van der Waals surface area contributed by atoms with Crippen molar-refractivity contribution in [2.75, 3.05) is 37.4 Å². The highest BCUT2D eigenvalue weighted by molar-refractivity contribution is 6.40. The zero-order valence-electron chi connectivity index (χ0n) is 41.6. The Bertz CT molecular complexity index is 2940. The van der Waals surface area contributed by atoms with Crippen molar-refractivity contribution in [1.82, 2.24) is 49.2 Å². The summed E-state index contributed by atoms with van der Waals surface area (Å²) < 4.78 is 18.9. The van der Waals surface area contributed by atoms with Gasteiger partial charge in [0, 0.05) is 52.0 Å². The number of imidazole rings is 2. The van der Waals surface area contributed by atoms with Crippen LogP contribution in [-0.4, -0.2) is 99.3 Å². The molecule has 4 aromatic carbocycles. The van der Waals surface area contributed by atoms with E-state index < -0.39 is 18.4 Å². The number of para-hydroxylation sites is 3. The fourth-order valence-electron chi connectivity index (χ4n) is 6.77. The number of fused-ring (bicyclic) bond motifs is 1. The lowest BCUT2D eigenvalue weighted by atomic mass is 9.88. The number of hydrogen-bond acceptors (Lipinski definition) is 13. The summed E-state index contributed by atoms with van der Waals surface area (Å²) in [5, 5.41) is 22.0. The van der Waals surface area contributed by atoms with Crippen LogP contribution in [0.1, 0.15) is 70.5 Å². The normalized spacial score (nSPS) is 12.6. The number of methoxy groups -OCH3 is 1. The molecule has 1 aliphatic rings. The largest absolute Gasteiger partial charge is 0.489 e. The van der Waals surface area contributed by atoms with Crippen LogP contribution in [0.15, 0.2) is 128 Å². The fraction of sp³-hybridized carbons (Fsp3) is 0.308. The maximum Gasteiger partial charge on any atom is 0.413 e. The average molecular weight is 1090 g/mol. The minimum atomic E-state index is -0.750. The lowest BCUT2D eigenvalue weighted by molar-refractivity contribution is -0.0731. The molecule has 1 fully saturated rings. The second kappa shape index (κ2) is 27.4. The van der Waals surface area contributed by atoms with Gasteiger partial charge in [0.15, 0.2) is 5.75 Å². The van der Waals surface area contributed by atoms with Crippen molar-refractivity contribution in [3.05, 3.63) is 160 Å². The molecule has 4 aromatic heterocycles. The van der Waals surface area contributed by atoms with Gasteiger partial charge >= 0.3 is 12.1 Å². The molecule has 0 saturated heterocycles. The van der Waals surface area contributed by atoms with E-state index in [1.807, 2.05) is 89.2 Å². The molecule has 1 aliphatic carbocycles. The van der Waals surface area contributed by atoms with Crippen LogP contribution in [0.3, 0.4) is 0 Å². The quantitative estimate of drug-likeness (QED) is 0.0799. The standard InChI is InChI=1S/C15H16Cl3N3O2.C14H18ClN3O2.C14H15N3.C9H9N3O2/c1-2-4-20(15(22)21-5-3-19-10-21)6-7-23-14-12(17)8-11(16)9-13(14)18;1-14(2,3)12(19)13(18-9-16-8-17-18)20-11-6-4-10(15)5-7-11;1-10-9-13(11-7-8-11)17-14(15-10)16-12-5-3-2-4-6-12;1-14-9(13)12-8-10-6-4-2-3-5-7(6)11-8/h3,5,8-10H,2,4,6-7H2,1H3;4-9,12-13,19H,1-3H3;2-6,9,11H,7-8H2,1H3,(H,15,16,17);2-5H,1H3,(H2,10,11,12,13). The van der Waals surface area contributed by atoms with Crippen LogP contribution in [0.25, 0.3) is 11.0 Å². The molecule has 4 heterocycles. The van der Waals surface area contributed by atoms with Gasteiger partial charge in [-0.05, 0) is 98.3 Å². The number of benzene rings is 4. The molecule has 8 aromatic rings. The average Bonchev–Trinajstić information content (AvgIpc) is 3.67. The third-order valence-electron chi connectivity index (χ3n) is 10.7. The van der Waals surface area contributed by atoms with Gasteiger partial charge in [0.05, 0.1) is 34.7 Å². The number of carbonyl (C=O) groups is 2. The number of aromatic amines is 1. The van der Waals surface area contributed by atoms with E-state index in [0.29, 0.717) is 62.5 Å². The number of hydrogen-bond donors (Lipinski definition) is 4. The van der Waals surface area contributed by atoms with Crippen LogP contribution in [0, 0.1) is 12.3 Å². The van der Waals surface area contributed by atoms with Gasteiger partial charge in [0.25, 0.3) is 0 Å². The zero-order chi connectivity index (χ0) is 53.2. The second-order valence-corrected chi connectivity index (χ2v) is 19.4. The van der Waals surface area contributed by atoms with E-state index >= 15 is 0 Å². The summed E-state index contributed by atoms with van der Waals surface area (Å²) in [5.41, 5.74) is 4.55. The van der Waals surface area contributed by atoms with Crippen LogP contribution >= 0.6 is 46.4 Å². The molecule has 0 spiro atoms. The Morgan fingerprint density at radius 3 is 2.19 bits per heavy atom. The minimum absolute atomic E-state index is 0.152.